The van der Waals surface area contributed by atoms with Crippen molar-refractivity contribution >= 4 is 27.5 Å². The van der Waals surface area contributed by atoms with E-state index in [2.05, 4.69) is 36.2 Å². The predicted molar refractivity (Wildman–Crippen MR) is 81.9 cm³/mol. The van der Waals surface area contributed by atoms with Crippen LogP contribution in [0.3, 0.4) is 0 Å². The van der Waals surface area contributed by atoms with Gasteiger partial charge < -0.3 is 10.2 Å². The van der Waals surface area contributed by atoms with Gasteiger partial charge >= 0.3 is 0 Å². The summed E-state index contributed by atoms with van der Waals surface area (Å²) in [5, 5.41) is 7.84. The average Bonchev–Trinajstić information content (AvgIpc) is 3.04. The van der Waals surface area contributed by atoms with Gasteiger partial charge in [0.2, 0.25) is 5.95 Å². The SMILES string of the molecule is Brc1ccc2nc(NCC3CCN(C4CC4)C3)nn2c1. The van der Waals surface area contributed by atoms with E-state index in [1.807, 2.05) is 18.3 Å². The first-order valence-corrected chi connectivity index (χ1v) is 8.07. The molecule has 1 aliphatic carbocycles. The smallest absolute Gasteiger partial charge is 0.243 e. The van der Waals surface area contributed by atoms with Crippen molar-refractivity contribution in [1.82, 2.24) is 19.5 Å². The molecule has 0 radical (unpaired) electrons. The second-order valence-corrected chi connectivity index (χ2v) is 6.76. The molecule has 4 rings (SSSR count). The van der Waals surface area contributed by atoms with Crippen molar-refractivity contribution in [3.05, 3.63) is 22.8 Å². The molecule has 1 N–H and O–H groups in total. The Labute approximate surface area is 126 Å². The number of fused-ring (bicyclic) bond motifs is 1. The van der Waals surface area contributed by atoms with Crippen LogP contribution in [0.25, 0.3) is 5.65 Å². The Morgan fingerprint density at radius 2 is 2.20 bits per heavy atom. The van der Waals surface area contributed by atoms with Gasteiger partial charge in [-0.15, -0.1) is 5.10 Å². The van der Waals surface area contributed by atoms with Crippen LogP contribution in [0.5, 0.6) is 0 Å². The van der Waals surface area contributed by atoms with Gasteiger partial charge in [-0.3, -0.25) is 0 Å². The molecule has 0 aromatic carbocycles. The molecule has 1 atom stereocenters. The quantitative estimate of drug-likeness (QED) is 0.931. The van der Waals surface area contributed by atoms with E-state index in [1.165, 1.54) is 32.4 Å². The molecule has 1 unspecified atom stereocenters. The predicted octanol–water partition coefficient (Wildman–Crippen LogP) is 2.39. The van der Waals surface area contributed by atoms with E-state index in [0.29, 0.717) is 0 Å². The molecule has 5 nitrogen and oxygen atoms in total. The van der Waals surface area contributed by atoms with Crippen LogP contribution in [0.15, 0.2) is 22.8 Å². The zero-order valence-corrected chi connectivity index (χ0v) is 12.9. The van der Waals surface area contributed by atoms with Gasteiger partial charge in [0.25, 0.3) is 0 Å². The largest absolute Gasteiger partial charge is 0.353 e. The first kappa shape index (κ1) is 12.6. The molecule has 0 spiro atoms. The van der Waals surface area contributed by atoms with Gasteiger partial charge in [-0.1, -0.05) is 0 Å². The van der Waals surface area contributed by atoms with Gasteiger partial charge in [0.15, 0.2) is 5.65 Å². The second-order valence-electron chi connectivity index (χ2n) is 5.85. The Kier molecular flexibility index (Phi) is 3.15. The van der Waals surface area contributed by atoms with Crippen LogP contribution in [0.1, 0.15) is 19.3 Å². The molecule has 2 aromatic heterocycles. The summed E-state index contributed by atoms with van der Waals surface area (Å²) in [5.41, 5.74) is 0.877. The molecule has 20 heavy (non-hydrogen) atoms. The van der Waals surface area contributed by atoms with Crippen LogP contribution in [-0.4, -0.2) is 45.2 Å². The van der Waals surface area contributed by atoms with Crippen molar-refractivity contribution in [3.8, 4) is 0 Å². The number of halogens is 1. The normalized spacial score (nSPS) is 23.6. The number of aromatic nitrogens is 3. The number of likely N-dealkylation sites (tertiary alicyclic amines) is 1. The molecule has 106 valence electrons. The van der Waals surface area contributed by atoms with E-state index >= 15 is 0 Å². The standard InChI is InChI=1S/C14H18BrN5/c15-11-1-4-13-17-14(18-20(13)9-11)16-7-10-5-6-19(8-10)12-2-3-12/h1,4,9-10,12H,2-3,5-8H2,(H,16,18). The average molecular weight is 336 g/mol. The Balaban J connectivity index is 1.38. The summed E-state index contributed by atoms with van der Waals surface area (Å²) >= 11 is 3.45. The highest BCUT2D eigenvalue weighted by atomic mass is 79.9. The van der Waals surface area contributed by atoms with E-state index in [0.717, 1.165) is 34.6 Å². The van der Waals surface area contributed by atoms with Crippen LogP contribution in [0.4, 0.5) is 5.95 Å². The molecule has 1 saturated heterocycles. The number of anilines is 1. The molecule has 3 heterocycles. The summed E-state index contributed by atoms with van der Waals surface area (Å²) in [6.07, 6.45) is 6.03. The Morgan fingerprint density at radius 1 is 1.30 bits per heavy atom. The number of pyridine rings is 1. The molecule has 2 fully saturated rings. The highest BCUT2D eigenvalue weighted by Gasteiger charge is 2.34. The van der Waals surface area contributed by atoms with Crippen LogP contribution >= 0.6 is 15.9 Å². The molecule has 0 bridgehead atoms. The van der Waals surface area contributed by atoms with Crippen LogP contribution in [0, 0.1) is 5.92 Å². The van der Waals surface area contributed by atoms with Gasteiger partial charge in [0.05, 0.1) is 0 Å². The first-order valence-electron chi connectivity index (χ1n) is 7.28. The summed E-state index contributed by atoms with van der Waals surface area (Å²) in [6, 6.07) is 4.84. The van der Waals surface area contributed by atoms with Crippen LogP contribution < -0.4 is 5.32 Å². The lowest BCUT2D eigenvalue weighted by Gasteiger charge is -2.14. The second kappa shape index (κ2) is 5.00. The molecule has 0 amide bonds. The number of hydrogen-bond acceptors (Lipinski definition) is 4. The van der Waals surface area contributed by atoms with Gasteiger partial charge in [-0.2, -0.15) is 4.98 Å². The number of hydrogen-bond donors (Lipinski definition) is 1. The van der Waals surface area contributed by atoms with Crippen LogP contribution in [0.2, 0.25) is 0 Å². The summed E-state index contributed by atoms with van der Waals surface area (Å²) < 4.78 is 2.81. The summed E-state index contributed by atoms with van der Waals surface area (Å²) in [6.45, 7) is 3.47. The van der Waals surface area contributed by atoms with Crippen molar-refractivity contribution in [2.75, 3.05) is 25.0 Å². The van der Waals surface area contributed by atoms with Crippen molar-refractivity contribution in [3.63, 3.8) is 0 Å². The summed E-state index contributed by atoms with van der Waals surface area (Å²) in [5.74, 6) is 1.46. The fourth-order valence-electron chi connectivity index (χ4n) is 2.97. The maximum atomic E-state index is 4.49. The van der Waals surface area contributed by atoms with E-state index in [-0.39, 0.29) is 0 Å². The van der Waals surface area contributed by atoms with Gasteiger partial charge in [-0.05, 0) is 59.8 Å². The highest BCUT2D eigenvalue weighted by Crippen LogP contribution is 2.31. The van der Waals surface area contributed by atoms with Gasteiger partial charge in [0.1, 0.15) is 0 Å². The molecule has 2 aromatic rings. The molecule has 1 saturated carbocycles. The van der Waals surface area contributed by atoms with Crippen molar-refractivity contribution in [2.24, 2.45) is 5.92 Å². The molecule has 6 heteroatoms. The fraction of sp³-hybridized carbons (Fsp3) is 0.571. The Hall–Kier alpha value is -1.14. The molecular formula is C14H18BrN5. The van der Waals surface area contributed by atoms with Gasteiger partial charge in [-0.25, -0.2) is 4.52 Å². The van der Waals surface area contributed by atoms with E-state index in [4.69, 9.17) is 0 Å². The maximum absolute atomic E-state index is 4.49. The molecule has 2 aliphatic rings. The first-order chi connectivity index (χ1) is 9.78. The monoisotopic (exact) mass is 335 g/mol. The fourth-order valence-corrected chi connectivity index (χ4v) is 3.30. The molecule has 1 aliphatic heterocycles. The lowest BCUT2D eigenvalue weighted by molar-refractivity contribution is 0.316. The lowest BCUT2D eigenvalue weighted by atomic mass is 10.1. The minimum Gasteiger partial charge on any atom is -0.353 e. The lowest BCUT2D eigenvalue weighted by Crippen LogP contribution is -2.25. The van der Waals surface area contributed by atoms with Gasteiger partial charge in [0, 0.05) is 29.8 Å². The van der Waals surface area contributed by atoms with Crippen molar-refractivity contribution in [2.45, 2.75) is 25.3 Å². The number of nitrogens with zero attached hydrogens (tertiary/aromatic N) is 4. The summed E-state index contributed by atoms with van der Waals surface area (Å²) in [4.78, 5) is 7.13. The van der Waals surface area contributed by atoms with Crippen molar-refractivity contribution in [1.29, 1.82) is 0 Å². The topological polar surface area (TPSA) is 45.5 Å². The zero-order valence-electron chi connectivity index (χ0n) is 11.3. The van der Waals surface area contributed by atoms with Crippen LogP contribution in [-0.2, 0) is 0 Å². The minimum absolute atomic E-state index is 0.730. The third kappa shape index (κ3) is 2.54. The molecular weight excluding hydrogens is 318 g/mol. The van der Waals surface area contributed by atoms with E-state index in [1.54, 1.807) is 4.52 Å². The number of nitrogens with one attached hydrogen (secondary N) is 1. The van der Waals surface area contributed by atoms with E-state index < -0.39 is 0 Å². The Morgan fingerprint density at radius 3 is 3.05 bits per heavy atom. The third-order valence-corrected chi connectivity index (χ3v) is 4.69. The van der Waals surface area contributed by atoms with Crippen molar-refractivity contribution < 1.29 is 0 Å². The minimum atomic E-state index is 0.730. The summed E-state index contributed by atoms with van der Waals surface area (Å²) in [7, 11) is 0. The number of rotatable bonds is 4. The third-order valence-electron chi connectivity index (χ3n) is 4.22. The zero-order chi connectivity index (χ0) is 13.5. The maximum Gasteiger partial charge on any atom is 0.243 e. The Bertz CT molecular complexity index is 621. The highest BCUT2D eigenvalue weighted by molar-refractivity contribution is 9.10. The van der Waals surface area contributed by atoms with E-state index in [9.17, 15) is 0 Å².